The van der Waals surface area contributed by atoms with Crippen molar-refractivity contribution in [1.82, 2.24) is 14.9 Å². The summed E-state index contributed by atoms with van der Waals surface area (Å²) in [4.78, 5) is 32.7. The molecule has 0 saturated carbocycles. The number of thioether (sulfide) groups is 2. The van der Waals surface area contributed by atoms with Crippen LogP contribution in [-0.2, 0) is 9.59 Å². The van der Waals surface area contributed by atoms with Crippen LogP contribution in [0.2, 0.25) is 0 Å². The average Bonchev–Trinajstić information content (AvgIpc) is 2.50. The molecule has 1 fully saturated rings. The lowest BCUT2D eigenvalue weighted by atomic mass is 10.0. The van der Waals surface area contributed by atoms with Gasteiger partial charge in [0.15, 0.2) is 5.16 Å². The van der Waals surface area contributed by atoms with Gasteiger partial charge in [-0.25, -0.2) is 14.8 Å². The SMILES string of the molecule is Nc1cc(N)nc(SCC2=C(C(=O)O)N3C(=O)C(N)[C@@H]3SC2)n1.O.O. The minimum Gasteiger partial charge on any atom is -0.477 e. The number of nitrogen functional groups attached to an aromatic ring is 2. The molecule has 1 aromatic heterocycles. The number of carboxylic acids is 1. The Balaban J connectivity index is 0.00000156. The molecule has 2 aliphatic heterocycles. The molecule has 1 aromatic rings. The van der Waals surface area contributed by atoms with Crippen LogP contribution in [0.25, 0.3) is 0 Å². The van der Waals surface area contributed by atoms with E-state index in [0.29, 0.717) is 22.2 Å². The zero-order valence-corrected chi connectivity index (χ0v) is 14.4. The summed E-state index contributed by atoms with van der Waals surface area (Å²) < 4.78 is 0. The summed E-state index contributed by atoms with van der Waals surface area (Å²) in [6.45, 7) is 0. The normalized spacial score (nSPS) is 21.6. The second-order valence-corrected chi connectivity index (χ2v) is 7.03. The van der Waals surface area contributed by atoms with Crippen LogP contribution >= 0.6 is 23.5 Å². The number of β-lactam (4-membered cyclic amide) rings is 1. The second kappa shape index (κ2) is 7.88. The quantitative estimate of drug-likeness (QED) is 0.243. The first-order valence-corrected chi connectivity index (χ1v) is 8.60. The molecule has 0 spiro atoms. The van der Waals surface area contributed by atoms with E-state index in [2.05, 4.69) is 9.97 Å². The molecule has 1 unspecified atom stereocenters. The van der Waals surface area contributed by atoms with Crippen molar-refractivity contribution < 1.29 is 25.6 Å². The Morgan fingerprint density at radius 1 is 1.36 bits per heavy atom. The summed E-state index contributed by atoms with van der Waals surface area (Å²) >= 11 is 2.67. The summed E-state index contributed by atoms with van der Waals surface area (Å²) in [6, 6.07) is 0.799. The second-order valence-electron chi connectivity index (χ2n) is 4.98. The molecule has 25 heavy (non-hydrogen) atoms. The molecule has 3 heterocycles. The molecule has 138 valence electrons. The number of carbonyl (C=O) groups excluding carboxylic acids is 1. The van der Waals surface area contributed by atoms with Gasteiger partial charge in [0.1, 0.15) is 28.7 Å². The van der Waals surface area contributed by atoms with Gasteiger partial charge in [-0.1, -0.05) is 11.8 Å². The van der Waals surface area contributed by atoms with Crippen molar-refractivity contribution in [2.75, 3.05) is 23.0 Å². The van der Waals surface area contributed by atoms with E-state index >= 15 is 0 Å². The molecule has 0 aromatic carbocycles. The van der Waals surface area contributed by atoms with Gasteiger partial charge in [-0.15, -0.1) is 11.8 Å². The number of hydrogen-bond acceptors (Lipinski definition) is 9. The van der Waals surface area contributed by atoms with E-state index in [1.54, 1.807) is 0 Å². The maximum Gasteiger partial charge on any atom is 0.352 e. The van der Waals surface area contributed by atoms with Gasteiger partial charge in [-0.3, -0.25) is 9.69 Å². The highest BCUT2D eigenvalue weighted by Gasteiger charge is 2.51. The lowest BCUT2D eigenvalue weighted by Crippen LogP contribution is -2.68. The number of nitrogens with two attached hydrogens (primary N) is 3. The Morgan fingerprint density at radius 2 is 1.96 bits per heavy atom. The Hall–Kier alpha value is -2.06. The number of carbonyl (C=O) groups is 2. The van der Waals surface area contributed by atoms with E-state index in [0.717, 1.165) is 0 Å². The molecule has 1 saturated heterocycles. The minimum atomic E-state index is -1.14. The van der Waals surface area contributed by atoms with Gasteiger partial charge < -0.3 is 33.3 Å². The largest absolute Gasteiger partial charge is 0.477 e. The zero-order chi connectivity index (χ0) is 16.7. The zero-order valence-electron chi connectivity index (χ0n) is 12.8. The molecule has 2 aliphatic rings. The van der Waals surface area contributed by atoms with Crippen molar-refractivity contribution in [2.45, 2.75) is 16.6 Å². The van der Waals surface area contributed by atoms with Crippen molar-refractivity contribution in [2.24, 2.45) is 5.73 Å². The first kappa shape index (κ1) is 21.0. The first-order valence-electron chi connectivity index (χ1n) is 6.57. The summed E-state index contributed by atoms with van der Waals surface area (Å²) in [7, 11) is 0. The predicted octanol–water partition coefficient (Wildman–Crippen LogP) is -2.34. The van der Waals surface area contributed by atoms with Gasteiger partial charge in [-0.05, 0) is 5.57 Å². The number of rotatable bonds is 4. The van der Waals surface area contributed by atoms with E-state index < -0.39 is 12.0 Å². The Kier molecular flexibility index (Phi) is 6.61. The third-order valence-electron chi connectivity index (χ3n) is 3.41. The van der Waals surface area contributed by atoms with Crippen LogP contribution in [0.5, 0.6) is 0 Å². The maximum absolute atomic E-state index is 11.8. The van der Waals surface area contributed by atoms with E-state index in [1.165, 1.54) is 34.5 Å². The number of anilines is 2. The number of fused-ring (bicyclic) bond motifs is 1. The molecular formula is C12H18N6O5S2. The number of amides is 1. The van der Waals surface area contributed by atoms with Gasteiger partial charge >= 0.3 is 5.97 Å². The lowest BCUT2D eigenvalue weighted by Gasteiger charge is -2.48. The molecule has 0 bridgehead atoms. The summed E-state index contributed by atoms with van der Waals surface area (Å²) in [5, 5.41) is 9.49. The van der Waals surface area contributed by atoms with Crippen molar-refractivity contribution in [3.05, 3.63) is 17.3 Å². The van der Waals surface area contributed by atoms with Crippen LogP contribution in [0.15, 0.2) is 22.5 Å². The highest BCUT2D eigenvalue weighted by atomic mass is 32.2. The van der Waals surface area contributed by atoms with Gasteiger partial charge in [0.25, 0.3) is 0 Å². The Morgan fingerprint density at radius 3 is 2.52 bits per heavy atom. The molecule has 2 atom stereocenters. The first-order chi connectivity index (χ1) is 10.9. The van der Waals surface area contributed by atoms with E-state index in [9.17, 15) is 14.7 Å². The molecule has 0 aliphatic carbocycles. The molecular weight excluding hydrogens is 372 g/mol. The van der Waals surface area contributed by atoms with Crippen LogP contribution in [0, 0.1) is 0 Å². The third kappa shape index (κ3) is 3.80. The summed E-state index contributed by atoms with van der Waals surface area (Å²) in [5.41, 5.74) is 17.5. The predicted molar refractivity (Wildman–Crippen MR) is 94.5 cm³/mol. The molecule has 11 nitrogen and oxygen atoms in total. The maximum atomic E-state index is 11.8. The number of aromatic nitrogens is 2. The fourth-order valence-electron chi connectivity index (χ4n) is 2.37. The van der Waals surface area contributed by atoms with E-state index in [4.69, 9.17) is 17.2 Å². The molecule has 1 amide bonds. The summed E-state index contributed by atoms with van der Waals surface area (Å²) in [6.07, 6.45) is 0. The monoisotopic (exact) mass is 390 g/mol. The highest BCUT2D eigenvalue weighted by Crippen LogP contribution is 2.40. The topological polar surface area (TPSA) is 224 Å². The number of aliphatic carboxylic acids is 1. The lowest BCUT2D eigenvalue weighted by molar-refractivity contribution is -0.147. The average molecular weight is 390 g/mol. The Labute approximate surface area is 150 Å². The number of nitrogens with zero attached hydrogens (tertiary/aromatic N) is 3. The van der Waals surface area contributed by atoms with E-state index in [1.807, 2.05) is 0 Å². The third-order valence-corrected chi connectivity index (χ3v) is 5.71. The molecule has 0 radical (unpaired) electrons. The summed E-state index contributed by atoms with van der Waals surface area (Å²) in [5.74, 6) is -0.216. The standard InChI is InChI=1S/C12H14N6O3S2.2H2O/c13-5-1-6(14)17-12(16-5)23-3-4-2-22-10-7(15)9(19)18(10)8(4)11(20)21;;/h1,7,10H,2-3,15H2,(H,20,21)(H4,13,14,16,17);2*1H2/t7?,10-;;/m0../s1. The van der Waals surface area contributed by atoms with Crippen LogP contribution < -0.4 is 17.2 Å². The Bertz CT molecular complexity index is 710. The number of hydrogen-bond donors (Lipinski definition) is 4. The minimum absolute atomic E-state index is 0. The van der Waals surface area contributed by atoms with Crippen LogP contribution in [0.1, 0.15) is 0 Å². The van der Waals surface area contributed by atoms with Crippen LogP contribution in [0.3, 0.4) is 0 Å². The van der Waals surface area contributed by atoms with Gasteiger partial charge in [0.2, 0.25) is 5.91 Å². The van der Waals surface area contributed by atoms with Gasteiger partial charge in [0, 0.05) is 17.6 Å². The molecule has 11 N–H and O–H groups in total. The smallest absolute Gasteiger partial charge is 0.352 e. The fourth-order valence-corrected chi connectivity index (χ4v) is 4.67. The van der Waals surface area contributed by atoms with Crippen molar-refractivity contribution in [1.29, 1.82) is 0 Å². The van der Waals surface area contributed by atoms with Crippen molar-refractivity contribution in [3.63, 3.8) is 0 Å². The fraction of sp³-hybridized carbons (Fsp3) is 0.333. The molecule has 13 heteroatoms. The van der Waals surface area contributed by atoms with Gasteiger partial charge in [0.05, 0.1) is 0 Å². The van der Waals surface area contributed by atoms with E-state index in [-0.39, 0.29) is 39.6 Å². The highest BCUT2D eigenvalue weighted by molar-refractivity contribution is 8.01. The van der Waals surface area contributed by atoms with Crippen LogP contribution in [0.4, 0.5) is 11.6 Å². The van der Waals surface area contributed by atoms with Crippen molar-refractivity contribution in [3.8, 4) is 0 Å². The number of carboxylic acid groups (broad SMARTS) is 1. The van der Waals surface area contributed by atoms with Crippen LogP contribution in [-0.4, -0.2) is 65.7 Å². The molecule has 3 rings (SSSR count). The van der Waals surface area contributed by atoms with Crippen molar-refractivity contribution >= 4 is 47.0 Å². The van der Waals surface area contributed by atoms with Gasteiger partial charge in [-0.2, -0.15) is 0 Å².